The van der Waals surface area contributed by atoms with Crippen LogP contribution in [0.15, 0.2) is 54.6 Å². The van der Waals surface area contributed by atoms with E-state index in [1.54, 1.807) is 36.3 Å². The Bertz CT molecular complexity index is 992. The van der Waals surface area contributed by atoms with Gasteiger partial charge in [-0.15, -0.1) is 10.2 Å². The molecule has 0 fully saturated rings. The van der Waals surface area contributed by atoms with Crippen LogP contribution in [-0.2, 0) is 4.79 Å². The topological polar surface area (TPSA) is 96.5 Å². The largest absolute Gasteiger partial charge is 0.497 e. The van der Waals surface area contributed by atoms with E-state index in [1.807, 2.05) is 37.3 Å². The Balaban J connectivity index is 1.52. The highest BCUT2D eigenvalue weighted by Crippen LogP contribution is 2.26. The van der Waals surface area contributed by atoms with Crippen LogP contribution in [-0.4, -0.2) is 47.2 Å². The molecule has 3 rings (SSSR count). The molecule has 0 saturated heterocycles. The van der Waals surface area contributed by atoms with Crippen molar-refractivity contribution in [2.45, 2.75) is 19.8 Å². The number of ether oxygens (including phenoxy) is 1. The minimum Gasteiger partial charge on any atom is -0.497 e. The zero-order valence-electron chi connectivity index (χ0n) is 17.5. The van der Waals surface area contributed by atoms with Gasteiger partial charge in [0.15, 0.2) is 0 Å². The number of hydrogen-bond donors (Lipinski definition) is 2. The molecule has 0 aliphatic carbocycles. The van der Waals surface area contributed by atoms with Gasteiger partial charge in [0.2, 0.25) is 11.0 Å². The van der Waals surface area contributed by atoms with Gasteiger partial charge in [0.1, 0.15) is 10.8 Å². The minimum atomic E-state index is -0.248. The van der Waals surface area contributed by atoms with Crippen molar-refractivity contribution >= 4 is 34.1 Å². The predicted octanol–water partition coefficient (Wildman–Crippen LogP) is 4.49. The van der Waals surface area contributed by atoms with Crippen molar-refractivity contribution in [3.8, 4) is 16.3 Å². The third-order valence-corrected chi connectivity index (χ3v) is 5.31. The van der Waals surface area contributed by atoms with Gasteiger partial charge in [0.05, 0.1) is 7.11 Å². The molecule has 31 heavy (non-hydrogen) atoms. The molecule has 2 N–H and O–H groups in total. The maximum atomic E-state index is 12.6. The molecule has 0 spiro atoms. The van der Waals surface area contributed by atoms with Crippen LogP contribution in [0.2, 0.25) is 0 Å². The van der Waals surface area contributed by atoms with Crippen molar-refractivity contribution < 1.29 is 14.3 Å². The molecule has 0 unspecified atom stereocenters. The normalized spacial score (nSPS) is 10.4. The van der Waals surface area contributed by atoms with Gasteiger partial charge in [-0.05, 0) is 30.7 Å². The second-order valence-electron chi connectivity index (χ2n) is 6.72. The summed E-state index contributed by atoms with van der Waals surface area (Å²) in [5.74, 6) is 0.501. The average Bonchev–Trinajstić information content (AvgIpc) is 3.26. The van der Waals surface area contributed by atoms with Crippen molar-refractivity contribution in [1.82, 2.24) is 15.1 Å². The number of nitrogens with zero attached hydrogens (tertiary/aromatic N) is 3. The van der Waals surface area contributed by atoms with Gasteiger partial charge in [0.25, 0.3) is 0 Å². The first kappa shape index (κ1) is 22.2. The van der Waals surface area contributed by atoms with E-state index in [1.165, 1.54) is 11.3 Å². The van der Waals surface area contributed by atoms with Gasteiger partial charge in [-0.3, -0.25) is 4.79 Å². The van der Waals surface area contributed by atoms with Crippen LogP contribution in [0.4, 0.5) is 15.6 Å². The van der Waals surface area contributed by atoms with Crippen molar-refractivity contribution in [3.63, 3.8) is 0 Å². The number of carbonyl (C=O) groups is 2. The highest BCUT2D eigenvalue weighted by Gasteiger charge is 2.16. The Morgan fingerprint density at radius 1 is 1.00 bits per heavy atom. The highest BCUT2D eigenvalue weighted by molar-refractivity contribution is 7.18. The van der Waals surface area contributed by atoms with Crippen LogP contribution in [0.1, 0.15) is 19.8 Å². The van der Waals surface area contributed by atoms with Crippen LogP contribution >= 0.6 is 11.3 Å². The van der Waals surface area contributed by atoms with Gasteiger partial charge in [-0.1, -0.05) is 48.6 Å². The van der Waals surface area contributed by atoms with Crippen LogP contribution in [0.3, 0.4) is 0 Å². The van der Waals surface area contributed by atoms with E-state index >= 15 is 0 Å². The lowest BCUT2D eigenvalue weighted by Gasteiger charge is -2.22. The molecular formula is C22H25N5O3S. The molecule has 0 aliphatic heterocycles. The molecule has 8 nitrogen and oxygen atoms in total. The van der Waals surface area contributed by atoms with E-state index in [2.05, 4.69) is 20.8 Å². The highest BCUT2D eigenvalue weighted by atomic mass is 32.1. The third-order valence-electron chi connectivity index (χ3n) is 4.42. The molecular weight excluding hydrogens is 414 g/mol. The molecule has 162 valence electrons. The Kier molecular flexibility index (Phi) is 7.94. The van der Waals surface area contributed by atoms with E-state index in [4.69, 9.17) is 4.74 Å². The molecule has 9 heteroatoms. The Morgan fingerprint density at radius 2 is 1.74 bits per heavy atom. The second kappa shape index (κ2) is 11.1. The van der Waals surface area contributed by atoms with E-state index in [0.717, 1.165) is 17.0 Å². The quantitative estimate of drug-likeness (QED) is 0.512. The van der Waals surface area contributed by atoms with Crippen molar-refractivity contribution in [3.05, 3.63) is 54.6 Å². The number of aromatic nitrogens is 2. The number of nitrogens with one attached hydrogen (secondary N) is 2. The molecule has 3 amide bonds. The fourth-order valence-electron chi connectivity index (χ4n) is 2.85. The molecule has 1 heterocycles. The minimum absolute atomic E-state index is 0.163. The number of anilines is 2. The number of carbonyl (C=O) groups excluding carboxylic acids is 2. The van der Waals surface area contributed by atoms with Gasteiger partial charge in [0, 0.05) is 30.8 Å². The summed E-state index contributed by atoms with van der Waals surface area (Å²) in [5.41, 5.74) is 1.61. The lowest BCUT2D eigenvalue weighted by Crippen LogP contribution is -2.37. The fourth-order valence-corrected chi connectivity index (χ4v) is 3.62. The van der Waals surface area contributed by atoms with Gasteiger partial charge >= 0.3 is 6.03 Å². The fraction of sp³-hybridized carbons (Fsp3) is 0.273. The molecule has 3 aromatic rings. The maximum Gasteiger partial charge on any atom is 0.321 e. The SMILES string of the molecule is CCCN(CCC(=O)Nc1nnc(-c2ccccc2)s1)C(=O)Nc1ccc(OC)cc1. The molecule has 0 saturated carbocycles. The van der Waals surface area contributed by atoms with Crippen LogP contribution in [0.25, 0.3) is 10.6 Å². The van der Waals surface area contributed by atoms with Crippen LogP contribution < -0.4 is 15.4 Å². The number of rotatable bonds is 9. The Labute approximate surface area is 185 Å². The zero-order chi connectivity index (χ0) is 22.1. The number of methoxy groups -OCH3 is 1. The second-order valence-corrected chi connectivity index (χ2v) is 7.70. The Hall–Kier alpha value is -3.46. The first-order valence-corrected chi connectivity index (χ1v) is 10.8. The standard InChI is InChI=1S/C22H25N5O3S/c1-3-14-27(22(29)23-17-9-11-18(30-2)12-10-17)15-13-19(28)24-21-26-25-20(31-21)16-7-5-4-6-8-16/h4-12H,3,13-15H2,1-2H3,(H,23,29)(H,24,26,28). The summed E-state index contributed by atoms with van der Waals surface area (Å²) in [6.45, 7) is 2.83. The summed E-state index contributed by atoms with van der Waals surface area (Å²) in [7, 11) is 1.59. The van der Waals surface area contributed by atoms with E-state index in [9.17, 15) is 9.59 Å². The number of benzene rings is 2. The van der Waals surface area contributed by atoms with Gasteiger partial charge < -0.3 is 20.3 Å². The summed E-state index contributed by atoms with van der Waals surface area (Å²) in [6.07, 6.45) is 0.949. The summed E-state index contributed by atoms with van der Waals surface area (Å²) >= 11 is 1.31. The monoisotopic (exact) mass is 439 g/mol. The smallest absolute Gasteiger partial charge is 0.321 e. The van der Waals surface area contributed by atoms with Crippen molar-refractivity contribution in [1.29, 1.82) is 0 Å². The van der Waals surface area contributed by atoms with Gasteiger partial charge in [-0.25, -0.2) is 4.79 Å². The van der Waals surface area contributed by atoms with E-state index in [-0.39, 0.29) is 18.4 Å². The van der Waals surface area contributed by atoms with Crippen LogP contribution in [0, 0.1) is 0 Å². The van der Waals surface area contributed by atoms with Gasteiger partial charge in [-0.2, -0.15) is 0 Å². The van der Waals surface area contributed by atoms with E-state index < -0.39 is 0 Å². The summed E-state index contributed by atoms with van der Waals surface area (Å²) in [4.78, 5) is 26.6. The third kappa shape index (κ3) is 6.51. The molecule has 0 radical (unpaired) electrons. The summed E-state index contributed by atoms with van der Waals surface area (Å²) in [5, 5.41) is 15.0. The lowest BCUT2D eigenvalue weighted by molar-refractivity contribution is -0.116. The summed E-state index contributed by atoms with van der Waals surface area (Å²) in [6, 6.07) is 16.5. The summed E-state index contributed by atoms with van der Waals surface area (Å²) < 4.78 is 5.12. The average molecular weight is 440 g/mol. The molecule has 1 aromatic heterocycles. The molecule has 0 aliphatic rings. The number of urea groups is 1. The predicted molar refractivity (Wildman–Crippen MR) is 122 cm³/mol. The van der Waals surface area contributed by atoms with E-state index in [0.29, 0.717) is 29.7 Å². The lowest BCUT2D eigenvalue weighted by atomic mass is 10.2. The maximum absolute atomic E-state index is 12.6. The van der Waals surface area contributed by atoms with Crippen LogP contribution in [0.5, 0.6) is 5.75 Å². The molecule has 0 atom stereocenters. The number of amides is 3. The molecule has 0 bridgehead atoms. The Morgan fingerprint density at radius 3 is 2.42 bits per heavy atom. The van der Waals surface area contributed by atoms with Crippen molar-refractivity contribution in [2.75, 3.05) is 30.8 Å². The first-order chi connectivity index (χ1) is 15.1. The van der Waals surface area contributed by atoms with Crippen molar-refractivity contribution in [2.24, 2.45) is 0 Å². The number of hydrogen-bond acceptors (Lipinski definition) is 6. The molecule has 2 aromatic carbocycles. The zero-order valence-corrected chi connectivity index (χ0v) is 18.3. The first-order valence-electron chi connectivity index (χ1n) is 9.97.